The van der Waals surface area contributed by atoms with E-state index in [1.165, 1.54) is 48.7 Å². The number of fused-ring (bicyclic) bond motifs is 4. The summed E-state index contributed by atoms with van der Waals surface area (Å²) in [6.07, 6.45) is 5.15. The molecule has 0 unspecified atom stereocenters. The molecule has 4 nitrogen and oxygen atoms in total. The molecule has 0 radical (unpaired) electrons. The summed E-state index contributed by atoms with van der Waals surface area (Å²) in [5.74, 6) is 0. The third-order valence-electron chi connectivity index (χ3n) is 18.9. The molecular formula is C93H70N4. The van der Waals surface area contributed by atoms with E-state index in [1.807, 2.05) is 6.08 Å². The molecule has 0 aliphatic heterocycles. The molecule has 4 heteroatoms. The Kier molecular flexibility index (Phi) is 16.5. The van der Waals surface area contributed by atoms with E-state index in [1.54, 1.807) is 0 Å². The molecule has 0 aliphatic rings. The van der Waals surface area contributed by atoms with Crippen molar-refractivity contribution in [3.05, 3.63) is 388 Å². The number of nitrogens with zero attached hydrogens (tertiary/aromatic N) is 4. The lowest BCUT2D eigenvalue weighted by molar-refractivity contribution is 0.844. The second-order valence-corrected chi connectivity index (χ2v) is 24.8. The second-order valence-electron chi connectivity index (χ2n) is 24.8. The lowest BCUT2D eigenvalue weighted by atomic mass is 10.0. The number of hydrogen-bond donors (Lipinski definition) is 0. The maximum Gasteiger partial charge on any atom is 0.0540 e. The molecule has 0 bridgehead atoms. The Bertz CT molecular complexity index is 5400. The summed E-state index contributed by atoms with van der Waals surface area (Å²) in [6, 6.07) is 135. The minimum absolute atomic E-state index is 1.02. The van der Waals surface area contributed by atoms with Gasteiger partial charge in [0.25, 0.3) is 0 Å². The van der Waals surface area contributed by atoms with Crippen LogP contribution < -0.4 is 19.6 Å². The van der Waals surface area contributed by atoms with Gasteiger partial charge in [-0.3, -0.25) is 0 Å². The van der Waals surface area contributed by atoms with Crippen molar-refractivity contribution in [3.63, 3.8) is 0 Å². The fourth-order valence-corrected chi connectivity index (χ4v) is 14.0. The van der Waals surface area contributed by atoms with Gasteiger partial charge in [0.1, 0.15) is 0 Å². The standard InChI is InChI=1S/C93H70N4/c1-2-3-5-20-67-39-53-79(54-40-67)95(91-36-17-26-75-22-9-13-32-87(75)91)81-57-43-69(44-58-81)71-47-61-83(62-48-71)97(93-38-19-28-77-24-11-15-34-89(77)93)85-65-51-73(52-66-85)72-49-63-84(64-50-72)96(92-37-18-27-76-23-10-14-33-88(76)92)82-59-45-70(46-60-82)68-41-55-80(56-42-68)94(78-29-6-4-7-30-78)90-35-16-25-74-21-8-12-31-86(74)90/h2,4,6-19,21-66H,1,3,5,20H2. The predicted molar refractivity (Wildman–Crippen MR) is 415 cm³/mol. The molecule has 0 aromatic heterocycles. The Hall–Kier alpha value is -12.5. The fourth-order valence-electron chi connectivity index (χ4n) is 14.0. The van der Waals surface area contributed by atoms with Crippen molar-refractivity contribution in [2.75, 3.05) is 19.6 Å². The number of rotatable bonds is 19. The van der Waals surface area contributed by atoms with Crippen LogP contribution in [0.5, 0.6) is 0 Å². The Labute approximate surface area is 568 Å². The van der Waals surface area contributed by atoms with Gasteiger partial charge in [0, 0.05) is 67.0 Å². The van der Waals surface area contributed by atoms with Crippen LogP contribution in [-0.4, -0.2) is 0 Å². The van der Waals surface area contributed by atoms with Crippen LogP contribution in [0.3, 0.4) is 0 Å². The zero-order valence-electron chi connectivity index (χ0n) is 53.9. The predicted octanol–water partition coefficient (Wildman–Crippen LogP) is 26.7. The Morgan fingerprint density at radius 1 is 0.206 bits per heavy atom. The molecule has 0 spiro atoms. The largest absolute Gasteiger partial charge is 0.310 e. The molecule has 0 atom stereocenters. The summed E-state index contributed by atoms with van der Waals surface area (Å²) in [5.41, 5.74) is 21.5. The summed E-state index contributed by atoms with van der Waals surface area (Å²) in [5, 5.41) is 9.60. The zero-order chi connectivity index (χ0) is 64.9. The first-order valence-electron chi connectivity index (χ1n) is 33.5. The minimum atomic E-state index is 1.02. The first kappa shape index (κ1) is 59.5. The summed E-state index contributed by atoms with van der Waals surface area (Å²) in [4.78, 5) is 9.53. The molecule has 97 heavy (non-hydrogen) atoms. The maximum absolute atomic E-state index is 3.93. The number of anilines is 12. The normalized spacial score (nSPS) is 11.3. The molecule has 0 saturated heterocycles. The Morgan fingerprint density at radius 2 is 0.423 bits per heavy atom. The third-order valence-corrected chi connectivity index (χ3v) is 18.9. The number of unbranched alkanes of at least 4 members (excludes halogenated alkanes) is 1. The van der Waals surface area contributed by atoms with Crippen molar-refractivity contribution in [3.8, 4) is 33.4 Å². The van der Waals surface area contributed by atoms with Gasteiger partial charge in [-0.05, 0) is 201 Å². The summed E-state index contributed by atoms with van der Waals surface area (Å²) in [6.45, 7) is 3.93. The number of para-hydroxylation sites is 1. The zero-order valence-corrected chi connectivity index (χ0v) is 53.9. The van der Waals surface area contributed by atoms with E-state index in [-0.39, 0.29) is 0 Å². The van der Waals surface area contributed by atoms with E-state index in [9.17, 15) is 0 Å². The van der Waals surface area contributed by atoms with Crippen LogP contribution in [0.2, 0.25) is 0 Å². The quantitative estimate of drug-likeness (QED) is 0.0591. The molecule has 0 fully saturated rings. The van der Waals surface area contributed by atoms with Crippen molar-refractivity contribution in [2.45, 2.75) is 19.3 Å². The number of aryl methyl sites for hydroxylation is 1. The van der Waals surface area contributed by atoms with E-state index < -0.39 is 0 Å². The number of hydrogen-bond acceptors (Lipinski definition) is 4. The van der Waals surface area contributed by atoms with Gasteiger partial charge in [0.15, 0.2) is 0 Å². The van der Waals surface area contributed by atoms with Gasteiger partial charge >= 0.3 is 0 Å². The molecule has 0 heterocycles. The second kappa shape index (κ2) is 26.8. The van der Waals surface area contributed by atoms with Crippen molar-refractivity contribution < 1.29 is 0 Å². The lowest BCUT2D eigenvalue weighted by Gasteiger charge is -2.28. The highest BCUT2D eigenvalue weighted by Crippen LogP contribution is 2.46. The lowest BCUT2D eigenvalue weighted by Crippen LogP contribution is -2.11. The molecule has 462 valence electrons. The third kappa shape index (κ3) is 12.1. The van der Waals surface area contributed by atoms with Crippen LogP contribution in [0.4, 0.5) is 68.2 Å². The average molecular weight is 1240 g/mol. The highest BCUT2D eigenvalue weighted by Gasteiger charge is 2.21. The summed E-state index contributed by atoms with van der Waals surface area (Å²) in [7, 11) is 0. The molecule has 16 rings (SSSR count). The van der Waals surface area contributed by atoms with Crippen LogP contribution in [0.15, 0.2) is 383 Å². The van der Waals surface area contributed by atoms with Gasteiger partial charge in [0.05, 0.1) is 22.7 Å². The average Bonchev–Trinajstić information content (AvgIpc) is 0.922. The topological polar surface area (TPSA) is 13.0 Å². The molecule has 0 amide bonds. The first-order valence-corrected chi connectivity index (χ1v) is 33.5. The smallest absolute Gasteiger partial charge is 0.0540 e. The monoisotopic (exact) mass is 1240 g/mol. The Morgan fingerprint density at radius 3 is 0.680 bits per heavy atom. The molecule has 0 saturated carbocycles. The summed E-state index contributed by atoms with van der Waals surface area (Å²) >= 11 is 0. The highest BCUT2D eigenvalue weighted by atomic mass is 15.2. The van der Waals surface area contributed by atoms with Crippen molar-refractivity contribution in [1.29, 1.82) is 0 Å². The minimum Gasteiger partial charge on any atom is -0.310 e. The molecule has 0 N–H and O–H groups in total. The van der Waals surface area contributed by atoms with Crippen LogP contribution in [0, 0.1) is 0 Å². The molecule has 0 aliphatic carbocycles. The summed E-state index contributed by atoms with van der Waals surface area (Å²) < 4.78 is 0. The fraction of sp³-hybridized carbons (Fsp3) is 0.0323. The first-order chi connectivity index (χ1) is 48.1. The van der Waals surface area contributed by atoms with Gasteiger partial charge in [0.2, 0.25) is 0 Å². The van der Waals surface area contributed by atoms with E-state index >= 15 is 0 Å². The van der Waals surface area contributed by atoms with Gasteiger partial charge < -0.3 is 19.6 Å². The van der Waals surface area contributed by atoms with Gasteiger partial charge in [-0.15, -0.1) is 6.58 Å². The number of allylic oxidation sites excluding steroid dienone is 1. The molecule has 16 aromatic carbocycles. The number of benzene rings is 16. The van der Waals surface area contributed by atoms with Crippen LogP contribution in [0.25, 0.3) is 76.5 Å². The van der Waals surface area contributed by atoms with Gasteiger partial charge in [-0.1, -0.05) is 255 Å². The van der Waals surface area contributed by atoms with E-state index in [4.69, 9.17) is 0 Å². The maximum atomic E-state index is 3.93. The van der Waals surface area contributed by atoms with Crippen molar-refractivity contribution >= 4 is 111 Å². The van der Waals surface area contributed by atoms with Crippen molar-refractivity contribution in [2.24, 2.45) is 0 Å². The van der Waals surface area contributed by atoms with Gasteiger partial charge in [-0.2, -0.15) is 0 Å². The SMILES string of the molecule is C=CCCCc1ccc(N(c2ccc(-c3ccc(N(c4ccc(-c5ccc(N(c6ccc(-c7ccc(N(c8ccccc8)c8cccc9ccccc89)cc7)cc6)c6cccc7ccccc67)cc5)cc4)c4cccc5ccccc45)cc3)cc2)c2cccc3ccccc23)cc1. The van der Waals surface area contributed by atoms with Crippen LogP contribution in [-0.2, 0) is 6.42 Å². The van der Waals surface area contributed by atoms with Crippen LogP contribution in [0.1, 0.15) is 18.4 Å². The van der Waals surface area contributed by atoms with E-state index in [0.29, 0.717) is 0 Å². The van der Waals surface area contributed by atoms with Crippen molar-refractivity contribution in [1.82, 2.24) is 0 Å². The van der Waals surface area contributed by atoms with E-state index in [2.05, 4.69) is 396 Å². The van der Waals surface area contributed by atoms with Gasteiger partial charge in [-0.25, -0.2) is 0 Å². The molecule has 16 aromatic rings. The highest BCUT2D eigenvalue weighted by molar-refractivity contribution is 6.03. The van der Waals surface area contributed by atoms with Crippen LogP contribution >= 0.6 is 0 Å². The molecular weight excluding hydrogens is 1170 g/mol. The Balaban J connectivity index is 0.684. The van der Waals surface area contributed by atoms with E-state index in [0.717, 1.165) is 121 Å².